The van der Waals surface area contributed by atoms with E-state index in [4.69, 9.17) is 61.2 Å². The zero-order chi connectivity index (χ0) is 24.8. The maximum Gasteiger partial charge on any atom is 0.253 e. The standard InChI is InChI=1S/C21H22Cl3N3O5S/c1-11(28)12-5-7-14(8-6-12)25-20(33)27-19(21(22,23)24)26-18(29)13-9-15(30-2)17(32-4)16(10-13)31-3/h5-10,19H,1-4H3,(H,26,29)(H2,25,27,33)/t19-/m0/s1. The number of carbonyl (C=O) groups excluding carboxylic acids is 2. The molecule has 1 amide bonds. The quantitative estimate of drug-likeness (QED) is 0.199. The van der Waals surface area contributed by atoms with Gasteiger partial charge in [0.15, 0.2) is 22.4 Å². The number of rotatable bonds is 8. The Kier molecular flexibility index (Phi) is 9.42. The zero-order valence-corrected chi connectivity index (χ0v) is 21.2. The number of ether oxygens (including phenoxy) is 3. The third-order valence-electron chi connectivity index (χ3n) is 4.35. The highest BCUT2D eigenvalue weighted by Crippen LogP contribution is 2.38. The molecule has 2 aromatic rings. The topological polar surface area (TPSA) is 97.9 Å². The van der Waals surface area contributed by atoms with Crippen molar-refractivity contribution >= 4 is 69.5 Å². The van der Waals surface area contributed by atoms with Gasteiger partial charge in [0, 0.05) is 16.8 Å². The Labute approximate surface area is 211 Å². The first-order valence-electron chi connectivity index (χ1n) is 9.36. The van der Waals surface area contributed by atoms with Crippen LogP contribution in [0.25, 0.3) is 0 Å². The van der Waals surface area contributed by atoms with Crippen molar-refractivity contribution in [1.82, 2.24) is 10.6 Å². The minimum Gasteiger partial charge on any atom is -0.493 e. The molecule has 2 rings (SSSR count). The number of anilines is 1. The van der Waals surface area contributed by atoms with E-state index in [-0.39, 0.29) is 28.0 Å². The number of nitrogens with one attached hydrogen (secondary N) is 3. The highest BCUT2D eigenvalue weighted by molar-refractivity contribution is 7.80. The predicted molar refractivity (Wildman–Crippen MR) is 133 cm³/mol. The van der Waals surface area contributed by atoms with Crippen LogP contribution in [0.4, 0.5) is 5.69 Å². The first-order chi connectivity index (χ1) is 15.5. The van der Waals surface area contributed by atoms with Crippen molar-refractivity contribution in [2.45, 2.75) is 16.9 Å². The molecule has 3 N–H and O–H groups in total. The Balaban J connectivity index is 2.18. The monoisotopic (exact) mass is 533 g/mol. The van der Waals surface area contributed by atoms with Gasteiger partial charge in [0.25, 0.3) is 5.91 Å². The molecule has 0 fully saturated rings. The van der Waals surface area contributed by atoms with Crippen LogP contribution in [-0.4, -0.2) is 48.1 Å². The number of benzene rings is 2. The van der Waals surface area contributed by atoms with Crippen LogP contribution < -0.4 is 30.2 Å². The van der Waals surface area contributed by atoms with E-state index in [1.165, 1.54) is 40.4 Å². The Bertz CT molecular complexity index is 1000. The molecule has 12 heteroatoms. The molecule has 1 atom stereocenters. The number of thiocarbonyl (C=S) groups is 1. The van der Waals surface area contributed by atoms with Crippen LogP contribution >= 0.6 is 47.0 Å². The van der Waals surface area contributed by atoms with Gasteiger partial charge in [0.2, 0.25) is 9.54 Å². The fourth-order valence-electron chi connectivity index (χ4n) is 2.71. The van der Waals surface area contributed by atoms with Gasteiger partial charge in [-0.1, -0.05) is 34.8 Å². The summed E-state index contributed by atoms with van der Waals surface area (Å²) >= 11 is 23.4. The van der Waals surface area contributed by atoms with E-state index < -0.39 is 15.9 Å². The Morgan fingerprint density at radius 2 is 1.45 bits per heavy atom. The molecule has 0 saturated heterocycles. The SMILES string of the molecule is COc1cc(C(=O)N[C@@H](NC(=S)Nc2ccc(C(C)=O)cc2)C(Cl)(Cl)Cl)cc(OC)c1OC. The van der Waals surface area contributed by atoms with Gasteiger partial charge in [-0.15, -0.1) is 0 Å². The molecule has 0 aromatic heterocycles. The molecular weight excluding hydrogens is 513 g/mol. The van der Waals surface area contributed by atoms with E-state index >= 15 is 0 Å². The lowest BCUT2D eigenvalue weighted by Gasteiger charge is -2.28. The molecule has 0 heterocycles. The summed E-state index contributed by atoms with van der Waals surface area (Å²) < 4.78 is 13.8. The molecule has 0 unspecified atom stereocenters. The molecule has 178 valence electrons. The van der Waals surface area contributed by atoms with Crippen molar-refractivity contribution in [3.8, 4) is 17.2 Å². The molecule has 0 spiro atoms. The fourth-order valence-corrected chi connectivity index (χ4v) is 3.28. The van der Waals surface area contributed by atoms with E-state index in [1.807, 2.05) is 0 Å². The third kappa shape index (κ3) is 7.26. The zero-order valence-electron chi connectivity index (χ0n) is 18.1. The van der Waals surface area contributed by atoms with Gasteiger partial charge in [-0.3, -0.25) is 9.59 Å². The van der Waals surface area contributed by atoms with Crippen LogP contribution in [0.15, 0.2) is 36.4 Å². The van der Waals surface area contributed by atoms with Crippen molar-refractivity contribution in [3.05, 3.63) is 47.5 Å². The lowest BCUT2D eigenvalue weighted by atomic mass is 10.1. The summed E-state index contributed by atoms with van der Waals surface area (Å²) in [5.41, 5.74) is 1.32. The molecule has 0 radical (unpaired) electrons. The Hall–Kier alpha value is -2.46. The van der Waals surface area contributed by atoms with Crippen LogP contribution in [0, 0.1) is 0 Å². The van der Waals surface area contributed by atoms with Crippen molar-refractivity contribution in [1.29, 1.82) is 0 Å². The van der Waals surface area contributed by atoms with Crippen molar-refractivity contribution < 1.29 is 23.8 Å². The molecule has 8 nitrogen and oxygen atoms in total. The average Bonchev–Trinajstić information content (AvgIpc) is 2.77. The van der Waals surface area contributed by atoms with E-state index in [9.17, 15) is 9.59 Å². The van der Waals surface area contributed by atoms with E-state index in [0.29, 0.717) is 17.0 Å². The molecule has 0 bridgehead atoms. The normalized spacial score (nSPS) is 11.7. The van der Waals surface area contributed by atoms with Crippen LogP contribution in [0.1, 0.15) is 27.6 Å². The van der Waals surface area contributed by atoms with Gasteiger partial charge in [0.1, 0.15) is 6.17 Å². The number of carbonyl (C=O) groups is 2. The van der Waals surface area contributed by atoms with Gasteiger partial charge in [-0.05, 0) is 55.5 Å². The van der Waals surface area contributed by atoms with Gasteiger partial charge < -0.3 is 30.2 Å². The van der Waals surface area contributed by atoms with Crippen LogP contribution in [-0.2, 0) is 0 Å². The Morgan fingerprint density at radius 1 is 0.909 bits per heavy atom. The summed E-state index contributed by atoms with van der Waals surface area (Å²) in [7, 11) is 4.31. The highest BCUT2D eigenvalue weighted by Gasteiger charge is 2.35. The minimum absolute atomic E-state index is 0.0620. The highest BCUT2D eigenvalue weighted by atomic mass is 35.6. The molecular formula is C21H22Cl3N3O5S. The largest absolute Gasteiger partial charge is 0.493 e. The summed E-state index contributed by atoms with van der Waals surface area (Å²) in [6.07, 6.45) is -1.20. The molecule has 0 aliphatic heterocycles. The number of Topliss-reactive ketones (excluding diaryl/α,β-unsaturated/α-hetero) is 1. The summed E-state index contributed by atoms with van der Waals surface area (Å²) in [5, 5.41) is 8.32. The first-order valence-corrected chi connectivity index (χ1v) is 10.9. The van der Waals surface area contributed by atoms with Crippen LogP contribution in [0.5, 0.6) is 17.2 Å². The van der Waals surface area contributed by atoms with E-state index in [2.05, 4.69) is 16.0 Å². The van der Waals surface area contributed by atoms with Gasteiger partial charge in [0.05, 0.1) is 21.3 Å². The predicted octanol–water partition coefficient (Wildman–Crippen LogP) is 4.33. The van der Waals surface area contributed by atoms with Crippen molar-refractivity contribution in [2.24, 2.45) is 0 Å². The van der Waals surface area contributed by atoms with Crippen molar-refractivity contribution in [3.63, 3.8) is 0 Å². The maximum atomic E-state index is 12.9. The number of hydrogen-bond donors (Lipinski definition) is 3. The number of amides is 1. The molecule has 0 aliphatic carbocycles. The fraction of sp³-hybridized carbons (Fsp3) is 0.286. The first kappa shape index (κ1) is 26.8. The molecule has 33 heavy (non-hydrogen) atoms. The second kappa shape index (κ2) is 11.6. The average molecular weight is 535 g/mol. The smallest absolute Gasteiger partial charge is 0.253 e. The second-order valence-electron chi connectivity index (χ2n) is 6.59. The molecule has 0 saturated carbocycles. The summed E-state index contributed by atoms with van der Waals surface area (Å²) in [6.45, 7) is 1.47. The van der Waals surface area contributed by atoms with Crippen molar-refractivity contribution in [2.75, 3.05) is 26.6 Å². The Morgan fingerprint density at radius 3 is 1.88 bits per heavy atom. The molecule has 0 aliphatic rings. The number of methoxy groups -OCH3 is 3. The number of alkyl halides is 3. The van der Waals surface area contributed by atoms with Gasteiger partial charge >= 0.3 is 0 Å². The van der Waals surface area contributed by atoms with Gasteiger partial charge in [-0.2, -0.15) is 0 Å². The second-order valence-corrected chi connectivity index (χ2v) is 9.37. The van der Waals surface area contributed by atoms with Crippen LogP contribution in [0.2, 0.25) is 0 Å². The maximum absolute atomic E-state index is 12.9. The third-order valence-corrected chi connectivity index (χ3v) is 5.23. The number of halogens is 3. The van der Waals surface area contributed by atoms with E-state index in [1.54, 1.807) is 24.3 Å². The summed E-state index contributed by atoms with van der Waals surface area (Å²) in [5.74, 6) is 0.242. The lowest BCUT2D eigenvalue weighted by Crippen LogP contribution is -2.56. The number of ketones is 1. The summed E-state index contributed by atoms with van der Waals surface area (Å²) in [4.78, 5) is 24.3. The van der Waals surface area contributed by atoms with Crippen LogP contribution in [0.3, 0.4) is 0 Å². The summed E-state index contributed by atoms with van der Waals surface area (Å²) in [6, 6.07) is 9.55. The number of hydrogen-bond acceptors (Lipinski definition) is 6. The lowest BCUT2D eigenvalue weighted by molar-refractivity contribution is 0.0933. The minimum atomic E-state index is -1.96. The van der Waals surface area contributed by atoms with E-state index in [0.717, 1.165) is 0 Å². The van der Waals surface area contributed by atoms with Gasteiger partial charge in [-0.25, -0.2) is 0 Å². The molecule has 2 aromatic carbocycles.